The molecule has 0 aliphatic rings. The summed E-state index contributed by atoms with van der Waals surface area (Å²) in [7, 11) is 0. The van der Waals surface area contributed by atoms with Crippen molar-refractivity contribution in [1.82, 2.24) is 0 Å². The van der Waals surface area contributed by atoms with Gasteiger partial charge in [0.1, 0.15) is 0 Å². The molecule has 1 aromatic rings. The topological polar surface area (TPSA) is 46.2 Å². The third kappa shape index (κ3) is 2.94. The molecule has 3 heteroatoms. The van der Waals surface area contributed by atoms with E-state index in [1.807, 2.05) is 25.1 Å². The molecule has 13 heavy (non-hydrogen) atoms. The lowest BCUT2D eigenvalue weighted by atomic mass is 10.2. The molecule has 0 heterocycles. The second-order valence-corrected chi connectivity index (χ2v) is 4.05. The molecule has 3 N–H and O–H groups in total. The smallest absolute Gasteiger partial charge is 0.0481 e. The predicted molar refractivity (Wildman–Crippen MR) is 58.0 cm³/mol. The summed E-state index contributed by atoms with van der Waals surface area (Å²) >= 11 is 1.70. The lowest BCUT2D eigenvalue weighted by Gasteiger charge is -2.06. The maximum Gasteiger partial charge on any atom is 0.0481 e. The van der Waals surface area contributed by atoms with Gasteiger partial charge < -0.3 is 10.8 Å². The van der Waals surface area contributed by atoms with Gasteiger partial charge in [-0.1, -0.05) is 12.1 Å². The van der Waals surface area contributed by atoms with Crippen LogP contribution in [0.5, 0.6) is 0 Å². The molecule has 0 radical (unpaired) electrons. The minimum absolute atomic E-state index is 0.249. The summed E-state index contributed by atoms with van der Waals surface area (Å²) in [5.74, 6) is 0.921. The lowest BCUT2D eigenvalue weighted by Crippen LogP contribution is -1.93. The molecular formula is C10H15NOS. The van der Waals surface area contributed by atoms with Crippen molar-refractivity contribution in [3.63, 3.8) is 0 Å². The number of thioether (sulfide) groups is 1. The first kappa shape index (κ1) is 10.4. The monoisotopic (exact) mass is 197 g/mol. The number of aliphatic hydroxyl groups excluding tert-OH is 1. The Morgan fingerprint density at radius 1 is 1.46 bits per heavy atom. The van der Waals surface area contributed by atoms with Crippen molar-refractivity contribution in [2.75, 3.05) is 18.1 Å². The Hall–Kier alpha value is -0.670. The molecule has 0 unspecified atom stereocenters. The molecule has 2 nitrogen and oxygen atoms in total. The van der Waals surface area contributed by atoms with Crippen LogP contribution in [0.2, 0.25) is 0 Å². The summed E-state index contributed by atoms with van der Waals surface area (Å²) in [6, 6.07) is 6.03. The minimum atomic E-state index is 0.249. The largest absolute Gasteiger partial charge is 0.398 e. The molecule has 72 valence electrons. The zero-order valence-electron chi connectivity index (χ0n) is 7.79. The van der Waals surface area contributed by atoms with E-state index in [0.29, 0.717) is 0 Å². The van der Waals surface area contributed by atoms with E-state index in [2.05, 4.69) is 0 Å². The van der Waals surface area contributed by atoms with Gasteiger partial charge in [0.25, 0.3) is 0 Å². The Kier molecular flexibility index (Phi) is 4.12. The summed E-state index contributed by atoms with van der Waals surface area (Å²) in [4.78, 5) is 1.12. The quantitative estimate of drug-likeness (QED) is 0.441. The van der Waals surface area contributed by atoms with E-state index in [0.717, 1.165) is 28.3 Å². The van der Waals surface area contributed by atoms with Crippen LogP contribution in [0.3, 0.4) is 0 Å². The number of benzene rings is 1. The molecule has 0 saturated carbocycles. The molecule has 0 spiro atoms. The second-order valence-electron chi connectivity index (χ2n) is 2.91. The number of hydrogen-bond acceptors (Lipinski definition) is 3. The first-order valence-electron chi connectivity index (χ1n) is 4.34. The average molecular weight is 197 g/mol. The van der Waals surface area contributed by atoms with Gasteiger partial charge in [0, 0.05) is 22.9 Å². The molecule has 0 bridgehead atoms. The summed E-state index contributed by atoms with van der Waals surface area (Å²) in [5.41, 5.74) is 7.87. The SMILES string of the molecule is Cc1cccc(SCCCO)c1N. The van der Waals surface area contributed by atoms with Gasteiger partial charge in [0.05, 0.1) is 0 Å². The van der Waals surface area contributed by atoms with Crippen LogP contribution in [-0.4, -0.2) is 17.5 Å². The Morgan fingerprint density at radius 2 is 2.23 bits per heavy atom. The number of aryl methyl sites for hydroxylation is 1. The highest BCUT2D eigenvalue weighted by Crippen LogP contribution is 2.27. The van der Waals surface area contributed by atoms with E-state index in [-0.39, 0.29) is 6.61 Å². The van der Waals surface area contributed by atoms with Crippen LogP contribution in [0.4, 0.5) is 5.69 Å². The van der Waals surface area contributed by atoms with Crippen molar-refractivity contribution in [2.24, 2.45) is 0 Å². The maximum atomic E-state index is 8.62. The van der Waals surface area contributed by atoms with Crippen LogP contribution in [0, 0.1) is 6.92 Å². The van der Waals surface area contributed by atoms with Crippen LogP contribution in [0.15, 0.2) is 23.1 Å². The van der Waals surface area contributed by atoms with Crippen molar-refractivity contribution in [1.29, 1.82) is 0 Å². The standard InChI is InChI=1S/C10H15NOS/c1-8-4-2-5-9(10(8)11)13-7-3-6-12/h2,4-5,12H,3,6-7,11H2,1H3. The number of para-hydroxylation sites is 1. The fraction of sp³-hybridized carbons (Fsp3) is 0.400. The molecule has 1 aromatic carbocycles. The summed E-state index contributed by atoms with van der Waals surface area (Å²) in [6.45, 7) is 2.25. The zero-order chi connectivity index (χ0) is 9.68. The molecule has 0 amide bonds. The number of hydrogen-bond donors (Lipinski definition) is 2. The van der Waals surface area contributed by atoms with Crippen molar-refractivity contribution < 1.29 is 5.11 Å². The second kappa shape index (κ2) is 5.14. The van der Waals surface area contributed by atoms with Crippen LogP contribution in [0.1, 0.15) is 12.0 Å². The van der Waals surface area contributed by atoms with Gasteiger partial charge in [-0.05, 0) is 25.0 Å². The third-order valence-corrected chi connectivity index (χ3v) is 3.00. The molecule has 0 aromatic heterocycles. The van der Waals surface area contributed by atoms with Crippen LogP contribution >= 0.6 is 11.8 Å². The number of rotatable bonds is 4. The van der Waals surface area contributed by atoms with Crippen LogP contribution in [0.25, 0.3) is 0 Å². The van der Waals surface area contributed by atoms with Crippen molar-refractivity contribution in [3.05, 3.63) is 23.8 Å². The van der Waals surface area contributed by atoms with Crippen LogP contribution in [-0.2, 0) is 0 Å². The van der Waals surface area contributed by atoms with E-state index in [4.69, 9.17) is 10.8 Å². The van der Waals surface area contributed by atoms with E-state index in [1.165, 1.54) is 0 Å². The molecule has 0 aliphatic carbocycles. The zero-order valence-corrected chi connectivity index (χ0v) is 8.60. The van der Waals surface area contributed by atoms with Gasteiger partial charge in [-0.25, -0.2) is 0 Å². The lowest BCUT2D eigenvalue weighted by molar-refractivity contribution is 0.296. The number of nitrogens with two attached hydrogens (primary N) is 1. The Morgan fingerprint density at radius 3 is 2.92 bits per heavy atom. The Labute approximate surface area is 83.1 Å². The van der Waals surface area contributed by atoms with E-state index < -0.39 is 0 Å². The van der Waals surface area contributed by atoms with E-state index >= 15 is 0 Å². The van der Waals surface area contributed by atoms with Crippen molar-refractivity contribution >= 4 is 17.4 Å². The first-order valence-corrected chi connectivity index (χ1v) is 5.33. The Bertz CT molecular complexity index is 276. The fourth-order valence-electron chi connectivity index (χ4n) is 1.03. The molecular weight excluding hydrogens is 182 g/mol. The number of aliphatic hydroxyl groups is 1. The summed E-state index contributed by atoms with van der Waals surface area (Å²) in [5, 5.41) is 8.62. The average Bonchev–Trinajstić information content (AvgIpc) is 2.13. The predicted octanol–water partition coefficient (Wildman–Crippen LogP) is 2.05. The summed E-state index contributed by atoms with van der Waals surface area (Å²) < 4.78 is 0. The van der Waals surface area contributed by atoms with E-state index in [9.17, 15) is 0 Å². The fourth-order valence-corrected chi connectivity index (χ4v) is 2.01. The van der Waals surface area contributed by atoms with Gasteiger partial charge in [-0.2, -0.15) is 0 Å². The Balaban J connectivity index is 2.61. The van der Waals surface area contributed by atoms with Gasteiger partial charge in [0.2, 0.25) is 0 Å². The normalized spacial score (nSPS) is 10.3. The van der Waals surface area contributed by atoms with Crippen molar-refractivity contribution in [3.8, 4) is 0 Å². The molecule has 1 rings (SSSR count). The third-order valence-electron chi connectivity index (χ3n) is 1.84. The van der Waals surface area contributed by atoms with Crippen LogP contribution < -0.4 is 5.73 Å². The number of nitrogen functional groups attached to an aromatic ring is 1. The maximum absolute atomic E-state index is 8.62. The highest BCUT2D eigenvalue weighted by molar-refractivity contribution is 7.99. The van der Waals surface area contributed by atoms with E-state index in [1.54, 1.807) is 11.8 Å². The molecule has 0 aliphatic heterocycles. The molecule has 0 saturated heterocycles. The molecule has 0 atom stereocenters. The van der Waals surface area contributed by atoms with Gasteiger partial charge >= 0.3 is 0 Å². The molecule has 0 fully saturated rings. The van der Waals surface area contributed by atoms with Gasteiger partial charge in [-0.15, -0.1) is 11.8 Å². The minimum Gasteiger partial charge on any atom is -0.398 e. The highest BCUT2D eigenvalue weighted by atomic mass is 32.2. The van der Waals surface area contributed by atoms with Gasteiger partial charge in [-0.3, -0.25) is 0 Å². The van der Waals surface area contributed by atoms with Crippen molar-refractivity contribution in [2.45, 2.75) is 18.2 Å². The van der Waals surface area contributed by atoms with Gasteiger partial charge in [0.15, 0.2) is 0 Å². The summed E-state index contributed by atoms with van der Waals surface area (Å²) in [6.07, 6.45) is 0.818. The first-order chi connectivity index (χ1) is 6.25. The number of anilines is 1. The highest BCUT2D eigenvalue weighted by Gasteiger charge is 2.00.